The van der Waals surface area contributed by atoms with Crippen LogP contribution in [0.25, 0.3) is 0 Å². The SMILES string of the molecule is CC(C)(C)[SiH](c1ccc(CO)cc1)C(C)(C)C. The van der Waals surface area contributed by atoms with E-state index < -0.39 is 8.80 Å². The average molecular weight is 250 g/mol. The van der Waals surface area contributed by atoms with E-state index in [0.717, 1.165) is 5.56 Å². The molecule has 2 heteroatoms. The molecule has 0 aromatic heterocycles. The average Bonchev–Trinajstić information content (AvgIpc) is 2.14. The van der Waals surface area contributed by atoms with E-state index >= 15 is 0 Å². The van der Waals surface area contributed by atoms with E-state index in [1.807, 2.05) is 0 Å². The van der Waals surface area contributed by atoms with E-state index in [2.05, 4.69) is 65.8 Å². The fraction of sp³-hybridized carbons (Fsp3) is 0.600. The van der Waals surface area contributed by atoms with Crippen LogP contribution in [0.5, 0.6) is 0 Å². The third kappa shape index (κ3) is 3.68. The molecule has 1 aromatic carbocycles. The molecule has 0 saturated heterocycles. The van der Waals surface area contributed by atoms with E-state index in [4.69, 9.17) is 5.11 Å². The van der Waals surface area contributed by atoms with Crippen LogP contribution in [0.3, 0.4) is 0 Å². The van der Waals surface area contributed by atoms with Gasteiger partial charge in [0.15, 0.2) is 0 Å². The van der Waals surface area contributed by atoms with E-state index in [9.17, 15) is 0 Å². The Kier molecular flexibility index (Phi) is 4.21. The Hall–Kier alpha value is -0.603. The van der Waals surface area contributed by atoms with Gasteiger partial charge in [-0.3, -0.25) is 0 Å². The highest BCUT2D eigenvalue weighted by atomic mass is 28.3. The molecule has 1 nitrogen and oxygen atoms in total. The van der Waals surface area contributed by atoms with Crippen molar-refractivity contribution in [3.63, 3.8) is 0 Å². The summed E-state index contributed by atoms with van der Waals surface area (Å²) in [5.41, 5.74) is 1.00. The van der Waals surface area contributed by atoms with Crippen molar-refractivity contribution in [3.05, 3.63) is 29.8 Å². The van der Waals surface area contributed by atoms with Gasteiger partial charge in [0.1, 0.15) is 0 Å². The fourth-order valence-corrected chi connectivity index (χ4v) is 8.29. The molecule has 0 aliphatic carbocycles. The van der Waals surface area contributed by atoms with Gasteiger partial charge in [-0.25, -0.2) is 0 Å². The summed E-state index contributed by atoms with van der Waals surface area (Å²) >= 11 is 0. The maximum Gasteiger partial charge on any atom is 0.0814 e. The molecule has 1 aromatic rings. The Morgan fingerprint density at radius 3 is 1.59 bits per heavy atom. The Morgan fingerprint density at radius 2 is 1.29 bits per heavy atom. The van der Waals surface area contributed by atoms with Crippen LogP contribution in [0.4, 0.5) is 0 Å². The van der Waals surface area contributed by atoms with Crippen LogP contribution in [-0.4, -0.2) is 13.9 Å². The Balaban J connectivity index is 3.14. The Bertz CT molecular complexity index is 340. The summed E-state index contributed by atoms with van der Waals surface area (Å²) in [5.74, 6) is 0. The highest BCUT2D eigenvalue weighted by Crippen LogP contribution is 2.41. The fourth-order valence-electron chi connectivity index (χ4n) is 3.11. The molecule has 0 saturated carbocycles. The van der Waals surface area contributed by atoms with Gasteiger partial charge in [-0.05, 0) is 15.6 Å². The number of aliphatic hydroxyl groups excluding tert-OH is 1. The first-order valence-corrected chi connectivity index (χ1v) is 8.09. The van der Waals surface area contributed by atoms with Crippen LogP contribution in [-0.2, 0) is 6.61 Å². The quantitative estimate of drug-likeness (QED) is 0.799. The number of hydrogen-bond donors (Lipinski definition) is 1. The molecule has 0 atom stereocenters. The first-order chi connectivity index (χ1) is 7.66. The lowest BCUT2D eigenvalue weighted by molar-refractivity contribution is 0.282. The lowest BCUT2D eigenvalue weighted by atomic mass is 10.2. The molecule has 96 valence electrons. The molecular weight excluding hydrogens is 224 g/mol. The van der Waals surface area contributed by atoms with Gasteiger partial charge in [0.25, 0.3) is 0 Å². The summed E-state index contributed by atoms with van der Waals surface area (Å²) in [4.78, 5) is 0. The summed E-state index contributed by atoms with van der Waals surface area (Å²) in [5, 5.41) is 11.3. The van der Waals surface area contributed by atoms with Crippen LogP contribution in [0.1, 0.15) is 47.1 Å². The zero-order valence-electron chi connectivity index (χ0n) is 12.0. The van der Waals surface area contributed by atoms with Crippen molar-refractivity contribution in [1.29, 1.82) is 0 Å². The van der Waals surface area contributed by atoms with Crippen molar-refractivity contribution in [2.75, 3.05) is 0 Å². The van der Waals surface area contributed by atoms with Crippen molar-refractivity contribution in [2.24, 2.45) is 0 Å². The number of rotatable bonds is 2. The topological polar surface area (TPSA) is 20.2 Å². The van der Waals surface area contributed by atoms with Crippen LogP contribution < -0.4 is 5.19 Å². The van der Waals surface area contributed by atoms with Gasteiger partial charge in [0, 0.05) is 0 Å². The van der Waals surface area contributed by atoms with Crippen molar-refractivity contribution in [2.45, 2.75) is 58.2 Å². The minimum Gasteiger partial charge on any atom is -0.392 e. The summed E-state index contributed by atoms with van der Waals surface area (Å²) in [6.45, 7) is 14.3. The summed E-state index contributed by atoms with van der Waals surface area (Å²) in [6, 6.07) is 8.57. The van der Waals surface area contributed by atoms with Gasteiger partial charge in [-0.2, -0.15) is 0 Å². The second kappa shape index (κ2) is 4.95. The first kappa shape index (κ1) is 14.5. The number of benzene rings is 1. The highest BCUT2D eigenvalue weighted by molar-refractivity contribution is 6.78. The monoisotopic (exact) mass is 250 g/mol. The molecule has 0 radical (unpaired) electrons. The Morgan fingerprint density at radius 1 is 0.882 bits per heavy atom. The van der Waals surface area contributed by atoms with Crippen LogP contribution >= 0.6 is 0 Å². The molecule has 0 aliphatic rings. The number of aliphatic hydroxyl groups is 1. The lowest BCUT2D eigenvalue weighted by Crippen LogP contribution is -2.45. The molecule has 0 spiro atoms. The molecule has 0 bridgehead atoms. The second-order valence-corrected chi connectivity index (χ2v) is 12.1. The maximum absolute atomic E-state index is 9.10. The second-order valence-electron chi connectivity index (χ2n) is 7.06. The molecular formula is C15H26OSi. The van der Waals surface area contributed by atoms with Crippen molar-refractivity contribution in [1.82, 2.24) is 0 Å². The van der Waals surface area contributed by atoms with Gasteiger partial charge in [-0.1, -0.05) is 71.0 Å². The molecule has 0 aliphatic heterocycles. The molecule has 0 fully saturated rings. The van der Waals surface area contributed by atoms with Gasteiger partial charge in [0.05, 0.1) is 15.4 Å². The minimum atomic E-state index is -1.08. The van der Waals surface area contributed by atoms with E-state index in [0.29, 0.717) is 10.1 Å². The first-order valence-electron chi connectivity index (χ1n) is 6.36. The van der Waals surface area contributed by atoms with Gasteiger partial charge < -0.3 is 5.11 Å². The summed E-state index contributed by atoms with van der Waals surface area (Å²) < 4.78 is 0. The smallest absolute Gasteiger partial charge is 0.0814 e. The van der Waals surface area contributed by atoms with Gasteiger partial charge in [0.2, 0.25) is 0 Å². The van der Waals surface area contributed by atoms with Crippen molar-refractivity contribution >= 4 is 14.0 Å². The largest absolute Gasteiger partial charge is 0.392 e. The van der Waals surface area contributed by atoms with Crippen LogP contribution in [0.15, 0.2) is 24.3 Å². The van der Waals surface area contributed by atoms with Crippen molar-refractivity contribution < 1.29 is 5.11 Å². The zero-order valence-corrected chi connectivity index (χ0v) is 13.2. The molecule has 1 N–H and O–H groups in total. The standard InChI is InChI=1S/C15H26OSi/c1-14(2,3)17(15(4,5)6)13-9-7-12(11-16)8-10-13/h7-10,16-17H,11H2,1-6H3. The molecule has 0 heterocycles. The predicted octanol–water partition coefficient (Wildman–Crippen LogP) is 3.21. The van der Waals surface area contributed by atoms with Crippen molar-refractivity contribution in [3.8, 4) is 0 Å². The summed E-state index contributed by atoms with van der Waals surface area (Å²) in [6.07, 6.45) is 0. The maximum atomic E-state index is 9.10. The van der Waals surface area contributed by atoms with E-state index in [1.165, 1.54) is 5.19 Å². The zero-order chi connectivity index (χ0) is 13.3. The lowest BCUT2D eigenvalue weighted by Gasteiger charge is -2.39. The van der Waals surface area contributed by atoms with Crippen LogP contribution in [0, 0.1) is 0 Å². The molecule has 1 rings (SSSR count). The molecule has 0 amide bonds. The van der Waals surface area contributed by atoms with Crippen LogP contribution in [0.2, 0.25) is 10.1 Å². The molecule has 0 unspecified atom stereocenters. The third-order valence-corrected chi connectivity index (χ3v) is 7.74. The highest BCUT2D eigenvalue weighted by Gasteiger charge is 2.37. The van der Waals surface area contributed by atoms with E-state index in [1.54, 1.807) is 0 Å². The normalized spacial score (nSPS) is 13.2. The Labute approximate surface area is 107 Å². The molecule has 17 heavy (non-hydrogen) atoms. The predicted molar refractivity (Wildman–Crippen MR) is 78.6 cm³/mol. The van der Waals surface area contributed by atoms with Gasteiger partial charge >= 0.3 is 0 Å². The van der Waals surface area contributed by atoms with Gasteiger partial charge in [-0.15, -0.1) is 0 Å². The number of hydrogen-bond acceptors (Lipinski definition) is 1. The summed E-state index contributed by atoms with van der Waals surface area (Å²) in [7, 11) is -1.08. The van der Waals surface area contributed by atoms with E-state index in [-0.39, 0.29) is 6.61 Å². The minimum absolute atomic E-state index is 0.136. The third-order valence-electron chi connectivity index (χ3n) is 3.23.